The van der Waals surface area contributed by atoms with Gasteiger partial charge in [-0.05, 0) is 39.0 Å². The fraction of sp³-hybridized carbons (Fsp3) is 0.667. The van der Waals surface area contributed by atoms with Crippen LogP contribution in [0.3, 0.4) is 0 Å². The van der Waals surface area contributed by atoms with Gasteiger partial charge >= 0.3 is 0 Å². The maximum Gasteiger partial charge on any atom is 0.249 e. The molecule has 0 spiro atoms. The van der Waals surface area contributed by atoms with E-state index >= 15 is 0 Å². The average molecular weight is 307 g/mol. The quantitative estimate of drug-likeness (QED) is 0.926. The molecule has 21 heavy (non-hydrogen) atoms. The third kappa shape index (κ3) is 2.25. The van der Waals surface area contributed by atoms with Crippen LogP contribution in [0.15, 0.2) is 11.6 Å². The number of thiazole rings is 1. The molecule has 0 bridgehead atoms. The SMILES string of the molecule is CCC1C(=O)NC(C)(C2CC2)C(=O)N1C(C)c1nccs1. The van der Waals surface area contributed by atoms with Crippen LogP contribution in [-0.4, -0.2) is 33.3 Å². The van der Waals surface area contributed by atoms with E-state index in [1.54, 1.807) is 11.1 Å². The number of nitrogens with zero attached hydrogens (tertiary/aromatic N) is 2. The summed E-state index contributed by atoms with van der Waals surface area (Å²) in [5.74, 6) is 0.284. The molecule has 5 nitrogen and oxygen atoms in total. The summed E-state index contributed by atoms with van der Waals surface area (Å²) in [7, 11) is 0. The van der Waals surface area contributed by atoms with Crippen LogP contribution in [0.1, 0.15) is 51.1 Å². The molecule has 0 radical (unpaired) electrons. The Morgan fingerprint density at radius 1 is 1.52 bits per heavy atom. The van der Waals surface area contributed by atoms with Crippen molar-refractivity contribution in [2.24, 2.45) is 5.92 Å². The highest BCUT2D eigenvalue weighted by Crippen LogP contribution is 2.44. The predicted octanol–water partition coefficient (Wildman–Crippen LogP) is 2.11. The summed E-state index contributed by atoms with van der Waals surface area (Å²) in [6, 6.07) is -0.560. The van der Waals surface area contributed by atoms with Gasteiger partial charge in [0.25, 0.3) is 0 Å². The second kappa shape index (κ2) is 5.09. The lowest BCUT2D eigenvalue weighted by Crippen LogP contribution is -2.70. The molecular weight excluding hydrogens is 286 g/mol. The van der Waals surface area contributed by atoms with Gasteiger partial charge in [0.05, 0.1) is 6.04 Å². The van der Waals surface area contributed by atoms with E-state index < -0.39 is 11.6 Å². The minimum atomic E-state index is -0.742. The second-order valence-corrected chi connectivity index (χ2v) is 7.07. The molecule has 1 N–H and O–H groups in total. The summed E-state index contributed by atoms with van der Waals surface area (Å²) in [6.45, 7) is 5.78. The summed E-state index contributed by atoms with van der Waals surface area (Å²) < 4.78 is 0. The Balaban J connectivity index is 1.96. The molecule has 6 heteroatoms. The summed E-state index contributed by atoms with van der Waals surface area (Å²) >= 11 is 1.53. The van der Waals surface area contributed by atoms with Gasteiger partial charge < -0.3 is 10.2 Å². The van der Waals surface area contributed by atoms with Crippen LogP contribution in [-0.2, 0) is 9.59 Å². The Kier molecular flexibility index (Phi) is 3.51. The predicted molar refractivity (Wildman–Crippen MR) is 80.7 cm³/mol. The summed E-state index contributed by atoms with van der Waals surface area (Å²) in [4.78, 5) is 31.6. The number of hydrogen-bond acceptors (Lipinski definition) is 4. The summed E-state index contributed by atoms with van der Waals surface area (Å²) in [5.41, 5.74) is -0.742. The van der Waals surface area contributed by atoms with Crippen molar-refractivity contribution >= 4 is 23.2 Å². The van der Waals surface area contributed by atoms with E-state index in [1.807, 2.05) is 26.2 Å². The Labute approximate surface area is 128 Å². The molecular formula is C15H21N3O2S. The van der Waals surface area contributed by atoms with Crippen LogP contribution in [0.2, 0.25) is 0 Å². The van der Waals surface area contributed by atoms with Gasteiger partial charge in [-0.1, -0.05) is 6.92 Å². The molecule has 1 aliphatic carbocycles. The first-order valence-electron chi connectivity index (χ1n) is 7.53. The fourth-order valence-corrected chi connectivity index (χ4v) is 3.95. The molecule has 114 valence electrons. The number of amides is 2. The van der Waals surface area contributed by atoms with Gasteiger partial charge in [0.15, 0.2) is 0 Å². The van der Waals surface area contributed by atoms with Crippen molar-refractivity contribution in [3.05, 3.63) is 16.6 Å². The van der Waals surface area contributed by atoms with Crippen molar-refractivity contribution in [1.82, 2.24) is 15.2 Å². The van der Waals surface area contributed by atoms with E-state index in [4.69, 9.17) is 0 Å². The van der Waals surface area contributed by atoms with Gasteiger partial charge in [0, 0.05) is 11.6 Å². The number of carbonyl (C=O) groups excluding carboxylic acids is 2. The molecule has 1 saturated heterocycles. The van der Waals surface area contributed by atoms with Crippen molar-refractivity contribution in [2.45, 2.75) is 57.7 Å². The van der Waals surface area contributed by atoms with Crippen LogP contribution in [0.25, 0.3) is 0 Å². The monoisotopic (exact) mass is 307 g/mol. The number of hydrogen-bond donors (Lipinski definition) is 1. The molecule has 1 saturated carbocycles. The van der Waals surface area contributed by atoms with Gasteiger partial charge in [0.2, 0.25) is 11.8 Å². The molecule has 3 atom stereocenters. The molecule has 0 aromatic carbocycles. The first kappa shape index (κ1) is 14.5. The lowest BCUT2D eigenvalue weighted by atomic mass is 9.88. The second-order valence-electron chi connectivity index (χ2n) is 6.15. The number of aromatic nitrogens is 1. The number of piperazine rings is 1. The van der Waals surface area contributed by atoms with E-state index in [9.17, 15) is 9.59 Å². The highest BCUT2D eigenvalue weighted by atomic mass is 32.1. The van der Waals surface area contributed by atoms with Crippen LogP contribution in [0, 0.1) is 5.92 Å². The zero-order valence-electron chi connectivity index (χ0n) is 12.6. The molecule has 2 amide bonds. The van der Waals surface area contributed by atoms with E-state index in [0.29, 0.717) is 6.42 Å². The first-order chi connectivity index (χ1) is 9.99. The lowest BCUT2D eigenvalue weighted by molar-refractivity contribution is -0.158. The number of nitrogens with one attached hydrogen (secondary N) is 1. The molecule has 3 unspecified atom stereocenters. The Bertz CT molecular complexity index is 555. The van der Waals surface area contributed by atoms with Crippen molar-refractivity contribution in [2.75, 3.05) is 0 Å². The smallest absolute Gasteiger partial charge is 0.249 e. The summed E-state index contributed by atoms with van der Waals surface area (Å²) in [5, 5.41) is 5.78. The zero-order chi connectivity index (χ0) is 15.2. The number of rotatable bonds is 4. The van der Waals surface area contributed by atoms with Crippen molar-refractivity contribution in [1.29, 1.82) is 0 Å². The van der Waals surface area contributed by atoms with E-state index in [1.165, 1.54) is 11.3 Å². The van der Waals surface area contributed by atoms with Crippen LogP contribution >= 0.6 is 11.3 Å². The lowest BCUT2D eigenvalue weighted by Gasteiger charge is -2.46. The summed E-state index contributed by atoms with van der Waals surface area (Å²) in [6.07, 6.45) is 4.39. The highest BCUT2D eigenvalue weighted by Gasteiger charge is 2.56. The molecule has 3 rings (SSSR count). The highest BCUT2D eigenvalue weighted by molar-refractivity contribution is 7.09. The Morgan fingerprint density at radius 3 is 2.76 bits per heavy atom. The Morgan fingerprint density at radius 2 is 2.24 bits per heavy atom. The minimum absolute atomic E-state index is 0.0325. The van der Waals surface area contributed by atoms with Crippen molar-refractivity contribution in [3.63, 3.8) is 0 Å². The molecule has 1 aromatic rings. The van der Waals surface area contributed by atoms with Gasteiger partial charge in [0.1, 0.15) is 16.6 Å². The molecule has 2 fully saturated rings. The third-order valence-corrected chi connectivity index (χ3v) is 5.65. The standard InChI is InChI=1S/C15H21N3O2S/c1-4-11-12(19)17-15(3,10-5-6-10)14(20)18(11)9(2)13-16-7-8-21-13/h7-11H,4-6H2,1-3H3,(H,17,19). The number of carbonyl (C=O) groups is 2. The fourth-order valence-electron chi connectivity index (χ4n) is 3.25. The van der Waals surface area contributed by atoms with E-state index in [2.05, 4.69) is 10.3 Å². The van der Waals surface area contributed by atoms with Gasteiger partial charge in [-0.25, -0.2) is 4.98 Å². The van der Waals surface area contributed by atoms with Gasteiger partial charge in [-0.3, -0.25) is 9.59 Å². The molecule has 2 aliphatic rings. The molecule has 1 aliphatic heterocycles. The maximum absolute atomic E-state index is 13.1. The topological polar surface area (TPSA) is 62.3 Å². The van der Waals surface area contributed by atoms with Crippen LogP contribution in [0.5, 0.6) is 0 Å². The first-order valence-corrected chi connectivity index (χ1v) is 8.41. The Hall–Kier alpha value is -1.43. The van der Waals surface area contributed by atoms with Gasteiger partial charge in [-0.15, -0.1) is 11.3 Å². The van der Waals surface area contributed by atoms with E-state index in [0.717, 1.165) is 17.8 Å². The maximum atomic E-state index is 13.1. The third-order valence-electron chi connectivity index (χ3n) is 4.71. The van der Waals surface area contributed by atoms with E-state index in [-0.39, 0.29) is 23.8 Å². The zero-order valence-corrected chi connectivity index (χ0v) is 13.4. The molecule has 2 heterocycles. The van der Waals surface area contributed by atoms with Crippen molar-refractivity contribution in [3.8, 4) is 0 Å². The molecule has 1 aromatic heterocycles. The normalized spacial score (nSPS) is 31.2. The van der Waals surface area contributed by atoms with Crippen LogP contribution in [0.4, 0.5) is 0 Å². The van der Waals surface area contributed by atoms with Crippen molar-refractivity contribution < 1.29 is 9.59 Å². The minimum Gasteiger partial charge on any atom is -0.340 e. The van der Waals surface area contributed by atoms with Crippen LogP contribution < -0.4 is 5.32 Å². The largest absolute Gasteiger partial charge is 0.340 e. The average Bonchev–Trinajstić information content (AvgIpc) is 3.18. The van der Waals surface area contributed by atoms with Gasteiger partial charge in [-0.2, -0.15) is 0 Å².